The standard InChI is InChI=1S/C22H29N3O2/c1-2-3-15-23-21(27)22(13-5-4-6-14-22)24-20(26)18-9-11-19(12-10-18)25-16-7-8-17-25/h7-12,16-17H,2-6,13-15H2,1H3,(H,23,27)(H,24,26). The Labute approximate surface area is 161 Å². The lowest BCUT2D eigenvalue weighted by molar-refractivity contribution is -0.128. The molecule has 1 aliphatic carbocycles. The average Bonchev–Trinajstić information content (AvgIpc) is 3.24. The van der Waals surface area contributed by atoms with Gasteiger partial charge in [0.2, 0.25) is 5.91 Å². The molecule has 1 aromatic carbocycles. The van der Waals surface area contributed by atoms with E-state index in [1.54, 1.807) is 0 Å². The first kappa shape index (κ1) is 19.2. The maximum atomic E-state index is 12.9. The summed E-state index contributed by atoms with van der Waals surface area (Å²) >= 11 is 0. The molecule has 1 aromatic heterocycles. The molecule has 1 fully saturated rings. The summed E-state index contributed by atoms with van der Waals surface area (Å²) in [7, 11) is 0. The fourth-order valence-corrected chi connectivity index (χ4v) is 3.69. The summed E-state index contributed by atoms with van der Waals surface area (Å²) in [4.78, 5) is 25.7. The number of rotatable bonds is 7. The average molecular weight is 367 g/mol. The summed E-state index contributed by atoms with van der Waals surface area (Å²) in [5, 5.41) is 6.09. The van der Waals surface area contributed by atoms with Gasteiger partial charge in [0.1, 0.15) is 5.54 Å². The van der Waals surface area contributed by atoms with Crippen molar-refractivity contribution in [3.05, 3.63) is 54.4 Å². The van der Waals surface area contributed by atoms with Crippen molar-refractivity contribution in [2.45, 2.75) is 57.4 Å². The van der Waals surface area contributed by atoms with Crippen LogP contribution in [0.4, 0.5) is 0 Å². The van der Waals surface area contributed by atoms with Crippen molar-refractivity contribution in [1.29, 1.82) is 0 Å². The molecule has 1 saturated carbocycles. The minimum absolute atomic E-state index is 0.0343. The van der Waals surface area contributed by atoms with Gasteiger partial charge in [-0.05, 0) is 55.7 Å². The molecule has 27 heavy (non-hydrogen) atoms. The second-order valence-corrected chi connectivity index (χ2v) is 7.34. The van der Waals surface area contributed by atoms with E-state index < -0.39 is 5.54 Å². The highest BCUT2D eigenvalue weighted by Crippen LogP contribution is 2.29. The highest BCUT2D eigenvalue weighted by atomic mass is 16.2. The summed E-state index contributed by atoms with van der Waals surface area (Å²) in [6.07, 6.45) is 10.4. The zero-order chi connectivity index (χ0) is 19.1. The molecule has 0 aliphatic heterocycles. The van der Waals surface area contributed by atoms with Crippen molar-refractivity contribution < 1.29 is 9.59 Å². The van der Waals surface area contributed by atoms with Crippen LogP contribution in [-0.4, -0.2) is 28.5 Å². The van der Waals surface area contributed by atoms with E-state index in [0.717, 1.165) is 37.8 Å². The highest BCUT2D eigenvalue weighted by Gasteiger charge is 2.40. The molecule has 2 amide bonds. The second kappa shape index (κ2) is 8.89. The fraction of sp³-hybridized carbons (Fsp3) is 0.455. The third kappa shape index (κ3) is 4.59. The lowest BCUT2D eigenvalue weighted by atomic mass is 9.80. The quantitative estimate of drug-likeness (QED) is 0.731. The van der Waals surface area contributed by atoms with E-state index in [1.807, 2.05) is 53.4 Å². The van der Waals surface area contributed by atoms with Gasteiger partial charge >= 0.3 is 0 Å². The van der Waals surface area contributed by atoms with Crippen LogP contribution in [0.3, 0.4) is 0 Å². The number of unbranched alkanes of at least 4 members (excludes halogenated alkanes) is 1. The molecular weight excluding hydrogens is 338 g/mol. The number of nitrogens with one attached hydrogen (secondary N) is 2. The molecule has 0 atom stereocenters. The number of carbonyl (C=O) groups excluding carboxylic acids is 2. The largest absolute Gasteiger partial charge is 0.354 e. The molecule has 5 nitrogen and oxygen atoms in total. The predicted molar refractivity (Wildman–Crippen MR) is 107 cm³/mol. The third-order valence-electron chi connectivity index (χ3n) is 5.34. The van der Waals surface area contributed by atoms with Gasteiger partial charge in [-0.2, -0.15) is 0 Å². The maximum Gasteiger partial charge on any atom is 0.252 e. The fourth-order valence-electron chi connectivity index (χ4n) is 3.69. The summed E-state index contributed by atoms with van der Waals surface area (Å²) in [6, 6.07) is 11.4. The first-order valence-corrected chi connectivity index (χ1v) is 9.99. The zero-order valence-corrected chi connectivity index (χ0v) is 16.0. The van der Waals surface area contributed by atoms with E-state index in [1.165, 1.54) is 0 Å². The minimum atomic E-state index is -0.776. The summed E-state index contributed by atoms with van der Waals surface area (Å²) in [5.74, 6) is -0.213. The lowest BCUT2D eigenvalue weighted by Crippen LogP contribution is -2.59. The molecule has 1 heterocycles. The number of benzene rings is 1. The summed E-state index contributed by atoms with van der Waals surface area (Å²) in [6.45, 7) is 2.76. The van der Waals surface area contributed by atoms with Crippen molar-refractivity contribution >= 4 is 11.8 Å². The van der Waals surface area contributed by atoms with Gasteiger partial charge in [-0.3, -0.25) is 9.59 Å². The number of carbonyl (C=O) groups is 2. The Morgan fingerprint density at radius 1 is 1.04 bits per heavy atom. The van der Waals surface area contributed by atoms with E-state index in [9.17, 15) is 9.59 Å². The van der Waals surface area contributed by atoms with Gasteiger partial charge in [0.05, 0.1) is 0 Å². The Morgan fingerprint density at radius 2 is 1.70 bits per heavy atom. The number of hydrogen-bond acceptors (Lipinski definition) is 2. The molecule has 0 spiro atoms. The van der Waals surface area contributed by atoms with E-state index in [0.29, 0.717) is 24.9 Å². The van der Waals surface area contributed by atoms with Gasteiger partial charge in [-0.1, -0.05) is 32.6 Å². The molecule has 5 heteroatoms. The summed E-state index contributed by atoms with van der Waals surface area (Å²) < 4.78 is 1.99. The Bertz CT molecular complexity index is 744. The molecule has 2 N–H and O–H groups in total. The first-order chi connectivity index (χ1) is 13.1. The Morgan fingerprint density at radius 3 is 2.33 bits per heavy atom. The van der Waals surface area contributed by atoms with Crippen LogP contribution in [0.1, 0.15) is 62.2 Å². The number of aromatic nitrogens is 1. The Kier molecular flexibility index (Phi) is 6.32. The van der Waals surface area contributed by atoms with Crippen molar-refractivity contribution in [3.8, 4) is 5.69 Å². The molecule has 0 unspecified atom stereocenters. The van der Waals surface area contributed by atoms with Crippen LogP contribution >= 0.6 is 0 Å². The smallest absolute Gasteiger partial charge is 0.252 e. The Balaban J connectivity index is 1.71. The molecule has 0 saturated heterocycles. The SMILES string of the molecule is CCCCNC(=O)C1(NC(=O)c2ccc(-n3cccc3)cc2)CCCCC1. The molecule has 144 valence electrons. The number of nitrogens with zero attached hydrogens (tertiary/aromatic N) is 1. The third-order valence-corrected chi connectivity index (χ3v) is 5.34. The molecule has 2 aromatic rings. The number of hydrogen-bond donors (Lipinski definition) is 2. The second-order valence-electron chi connectivity index (χ2n) is 7.34. The van der Waals surface area contributed by atoms with Crippen LogP contribution in [0.25, 0.3) is 5.69 Å². The van der Waals surface area contributed by atoms with E-state index >= 15 is 0 Å². The first-order valence-electron chi connectivity index (χ1n) is 9.99. The van der Waals surface area contributed by atoms with E-state index in [2.05, 4.69) is 17.6 Å². The predicted octanol–water partition coefficient (Wildman–Crippen LogP) is 3.83. The Hall–Kier alpha value is -2.56. The van der Waals surface area contributed by atoms with Gasteiger partial charge in [0.25, 0.3) is 5.91 Å². The monoisotopic (exact) mass is 367 g/mol. The van der Waals surface area contributed by atoms with Crippen molar-refractivity contribution in [1.82, 2.24) is 15.2 Å². The van der Waals surface area contributed by atoms with E-state index in [-0.39, 0.29) is 11.8 Å². The van der Waals surface area contributed by atoms with Gasteiger partial charge in [-0.15, -0.1) is 0 Å². The van der Waals surface area contributed by atoms with Gasteiger partial charge < -0.3 is 15.2 Å². The van der Waals surface area contributed by atoms with Crippen molar-refractivity contribution in [3.63, 3.8) is 0 Å². The van der Waals surface area contributed by atoms with Crippen LogP contribution in [0.2, 0.25) is 0 Å². The maximum absolute atomic E-state index is 12.9. The van der Waals surface area contributed by atoms with Gasteiger partial charge in [0.15, 0.2) is 0 Å². The van der Waals surface area contributed by atoms with Crippen LogP contribution in [0, 0.1) is 0 Å². The number of amides is 2. The lowest BCUT2D eigenvalue weighted by Gasteiger charge is -2.36. The van der Waals surface area contributed by atoms with Crippen molar-refractivity contribution in [2.24, 2.45) is 0 Å². The summed E-state index contributed by atoms with van der Waals surface area (Å²) in [5.41, 5.74) is 0.806. The molecule has 3 rings (SSSR count). The molecular formula is C22H29N3O2. The van der Waals surface area contributed by atoms with Crippen molar-refractivity contribution in [2.75, 3.05) is 6.54 Å². The normalized spacial score (nSPS) is 15.9. The molecule has 0 radical (unpaired) electrons. The van der Waals surface area contributed by atoms with Crippen LogP contribution in [0.15, 0.2) is 48.8 Å². The topological polar surface area (TPSA) is 63.1 Å². The zero-order valence-electron chi connectivity index (χ0n) is 16.0. The van der Waals surface area contributed by atoms with Gasteiger partial charge in [0, 0.05) is 30.2 Å². The molecule has 0 bridgehead atoms. The minimum Gasteiger partial charge on any atom is -0.354 e. The van der Waals surface area contributed by atoms with Gasteiger partial charge in [-0.25, -0.2) is 0 Å². The van der Waals surface area contributed by atoms with Crippen LogP contribution in [0.5, 0.6) is 0 Å². The van der Waals surface area contributed by atoms with Crippen LogP contribution < -0.4 is 10.6 Å². The highest BCUT2D eigenvalue weighted by molar-refractivity contribution is 5.99. The molecule has 1 aliphatic rings. The van der Waals surface area contributed by atoms with Crippen LogP contribution in [-0.2, 0) is 4.79 Å². The van der Waals surface area contributed by atoms with E-state index in [4.69, 9.17) is 0 Å².